The number of aliphatic carboxylic acids is 2. The maximum Gasteiger partial charge on any atom is 0.334 e. The first kappa shape index (κ1) is 11.0. The fourth-order valence-electron chi connectivity index (χ4n) is 1.71. The van der Waals surface area contributed by atoms with Gasteiger partial charge >= 0.3 is 11.9 Å². The molecule has 1 amide bonds. The average Bonchev–Trinajstić information content (AvgIpc) is 2.25. The molecular formula is C8H8N2O5S. The number of amides is 1. The molecule has 0 aromatic heterocycles. The van der Waals surface area contributed by atoms with Gasteiger partial charge in [0, 0.05) is 0 Å². The van der Waals surface area contributed by atoms with Crippen LogP contribution in [-0.2, 0) is 14.4 Å². The molecular weight excluding hydrogens is 236 g/mol. The number of rotatable bonds is 2. The molecule has 2 aliphatic rings. The Balaban J connectivity index is 2.38. The highest BCUT2D eigenvalue weighted by atomic mass is 32.2. The molecule has 1 fully saturated rings. The topological polar surface area (TPSA) is 121 Å². The Bertz CT molecular complexity index is 421. The van der Waals surface area contributed by atoms with Crippen LogP contribution in [-0.4, -0.2) is 50.4 Å². The van der Waals surface area contributed by atoms with Gasteiger partial charge in [0.1, 0.15) is 11.4 Å². The van der Waals surface area contributed by atoms with Gasteiger partial charge in [-0.3, -0.25) is 4.79 Å². The number of nitrogens with two attached hydrogens (primary N) is 1. The summed E-state index contributed by atoms with van der Waals surface area (Å²) < 4.78 is 0. The van der Waals surface area contributed by atoms with E-state index in [0.717, 1.165) is 16.7 Å². The molecule has 0 aliphatic carbocycles. The number of fused-ring (bicyclic) bond motifs is 1. The molecule has 8 heteroatoms. The molecule has 0 bridgehead atoms. The van der Waals surface area contributed by atoms with Crippen molar-refractivity contribution in [3.05, 3.63) is 11.0 Å². The van der Waals surface area contributed by atoms with Crippen molar-refractivity contribution in [2.24, 2.45) is 5.73 Å². The van der Waals surface area contributed by atoms with Crippen LogP contribution in [0.1, 0.15) is 0 Å². The summed E-state index contributed by atoms with van der Waals surface area (Å²) in [6, 6.07) is -2.19. The standard InChI is InChI=1S/C8H8N2O5S/c9-3-5(11)10-4(8(14)15)2(7(12)13)1-16-6(3)10/h1,3-4,6H,9H2,(H,12,13)(H,14,15)/t3?,4?,6-/m0/s1. The molecule has 0 aromatic carbocycles. The quantitative estimate of drug-likeness (QED) is 0.513. The predicted molar refractivity (Wildman–Crippen MR) is 53.3 cm³/mol. The summed E-state index contributed by atoms with van der Waals surface area (Å²) in [6.07, 6.45) is 0. The van der Waals surface area contributed by atoms with Crippen LogP contribution in [0.5, 0.6) is 0 Å². The van der Waals surface area contributed by atoms with E-state index < -0.39 is 35.3 Å². The molecule has 2 unspecified atom stereocenters. The smallest absolute Gasteiger partial charge is 0.334 e. The molecule has 0 spiro atoms. The van der Waals surface area contributed by atoms with Crippen molar-refractivity contribution in [2.45, 2.75) is 17.5 Å². The Morgan fingerprint density at radius 3 is 2.56 bits per heavy atom. The van der Waals surface area contributed by atoms with Crippen LogP contribution in [0.25, 0.3) is 0 Å². The highest BCUT2D eigenvalue weighted by Gasteiger charge is 2.54. The van der Waals surface area contributed by atoms with Crippen molar-refractivity contribution >= 4 is 29.6 Å². The van der Waals surface area contributed by atoms with Crippen molar-refractivity contribution < 1.29 is 24.6 Å². The van der Waals surface area contributed by atoms with Gasteiger partial charge in [0.05, 0.1) is 5.57 Å². The second-order valence-electron chi connectivity index (χ2n) is 3.42. The van der Waals surface area contributed by atoms with Gasteiger partial charge in [0.15, 0.2) is 6.04 Å². The van der Waals surface area contributed by atoms with E-state index in [0.29, 0.717) is 0 Å². The fraction of sp³-hybridized carbons (Fsp3) is 0.375. The molecule has 3 atom stereocenters. The summed E-state index contributed by atoms with van der Waals surface area (Å²) in [5, 5.41) is 18.5. The van der Waals surface area contributed by atoms with Gasteiger partial charge in [-0.05, 0) is 5.41 Å². The number of hydrogen-bond donors (Lipinski definition) is 3. The zero-order valence-corrected chi connectivity index (χ0v) is 8.68. The third kappa shape index (κ3) is 1.30. The molecule has 2 heterocycles. The van der Waals surface area contributed by atoms with E-state index in [9.17, 15) is 14.4 Å². The molecule has 2 aliphatic heterocycles. The van der Waals surface area contributed by atoms with Crippen LogP contribution in [0.3, 0.4) is 0 Å². The maximum absolute atomic E-state index is 11.4. The number of carboxylic acid groups (broad SMARTS) is 2. The van der Waals surface area contributed by atoms with Crippen LogP contribution in [0.2, 0.25) is 0 Å². The lowest BCUT2D eigenvalue weighted by Gasteiger charge is -2.49. The molecule has 1 saturated heterocycles. The van der Waals surface area contributed by atoms with Crippen LogP contribution in [0.4, 0.5) is 0 Å². The second kappa shape index (κ2) is 3.49. The van der Waals surface area contributed by atoms with E-state index in [1.165, 1.54) is 5.41 Å². The number of carbonyl (C=O) groups excluding carboxylic acids is 1. The highest BCUT2D eigenvalue weighted by Crippen LogP contribution is 2.38. The third-order valence-corrected chi connectivity index (χ3v) is 3.70. The summed E-state index contributed by atoms with van der Waals surface area (Å²) in [4.78, 5) is 34.2. The van der Waals surface area contributed by atoms with E-state index in [2.05, 4.69) is 0 Å². The minimum absolute atomic E-state index is 0.311. The molecule has 86 valence electrons. The fourth-order valence-corrected chi connectivity index (χ4v) is 2.87. The lowest BCUT2D eigenvalue weighted by molar-refractivity contribution is -0.159. The Morgan fingerprint density at radius 2 is 2.06 bits per heavy atom. The van der Waals surface area contributed by atoms with Crippen molar-refractivity contribution in [2.75, 3.05) is 0 Å². The molecule has 16 heavy (non-hydrogen) atoms. The van der Waals surface area contributed by atoms with Crippen molar-refractivity contribution in [1.29, 1.82) is 0 Å². The number of carbonyl (C=O) groups is 3. The first-order valence-electron chi connectivity index (χ1n) is 4.34. The molecule has 0 aromatic rings. The Labute approximate surface area is 93.9 Å². The number of nitrogens with zero attached hydrogens (tertiary/aromatic N) is 1. The predicted octanol–water partition coefficient (Wildman–Crippen LogP) is -1.35. The maximum atomic E-state index is 11.4. The SMILES string of the molecule is NC1C(=O)N2C(C(=O)O)C(C(=O)O)=CS[C@@H]12. The van der Waals surface area contributed by atoms with Gasteiger partial charge in [0.25, 0.3) is 0 Å². The Kier molecular flexibility index (Phi) is 2.39. The van der Waals surface area contributed by atoms with E-state index in [-0.39, 0.29) is 5.57 Å². The number of thioether (sulfide) groups is 1. The van der Waals surface area contributed by atoms with Gasteiger partial charge in [-0.25, -0.2) is 9.59 Å². The minimum Gasteiger partial charge on any atom is -0.479 e. The largest absolute Gasteiger partial charge is 0.479 e. The molecule has 4 N–H and O–H groups in total. The lowest BCUT2D eigenvalue weighted by atomic mass is 9.99. The van der Waals surface area contributed by atoms with Crippen LogP contribution in [0, 0.1) is 0 Å². The van der Waals surface area contributed by atoms with E-state index in [4.69, 9.17) is 15.9 Å². The van der Waals surface area contributed by atoms with Crippen molar-refractivity contribution in [1.82, 2.24) is 4.90 Å². The van der Waals surface area contributed by atoms with Gasteiger partial charge in [0.2, 0.25) is 5.91 Å². The summed E-state index contributed by atoms with van der Waals surface area (Å²) in [5.74, 6) is -3.23. The number of β-lactam (4-membered cyclic amide) rings is 1. The van der Waals surface area contributed by atoms with E-state index in [1.54, 1.807) is 0 Å². The van der Waals surface area contributed by atoms with Crippen molar-refractivity contribution in [3.8, 4) is 0 Å². The van der Waals surface area contributed by atoms with E-state index in [1.807, 2.05) is 0 Å². The lowest BCUT2D eigenvalue weighted by Crippen LogP contribution is -2.72. The minimum atomic E-state index is -1.43. The summed E-state index contributed by atoms with van der Waals surface area (Å²) in [7, 11) is 0. The van der Waals surface area contributed by atoms with Crippen LogP contribution in [0.15, 0.2) is 11.0 Å². The first-order valence-corrected chi connectivity index (χ1v) is 5.29. The van der Waals surface area contributed by atoms with Gasteiger partial charge in [-0.15, -0.1) is 11.8 Å². The molecule has 0 saturated carbocycles. The normalized spacial score (nSPS) is 32.6. The number of carboxylic acids is 2. The van der Waals surface area contributed by atoms with Crippen LogP contribution >= 0.6 is 11.8 Å². The van der Waals surface area contributed by atoms with Gasteiger partial charge < -0.3 is 20.8 Å². The third-order valence-electron chi connectivity index (χ3n) is 2.51. The zero-order chi connectivity index (χ0) is 12.0. The summed E-state index contributed by atoms with van der Waals surface area (Å²) in [6.45, 7) is 0. The molecule has 0 radical (unpaired) electrons. The van der Waals surface area contributed by atoms with Crippen LogP contribution < -0.4 is 5.73 Å². The highest BCUT2D eigenvalue weighted by molar-refractivity contribution is 8.03. The monoisotopic (exact) mass is 244 g/mol. The summed E-state index contributed by atoms with van der Waals surface area (Å²) in [5.41, 5.74) is 5.17. The summed E-state index contributed by atoms with van der Waals surface area (Å²) >= 11 is 1.06. The Hall–Kier alpha value is -1.54. The average molecular weight is 244 g/mol. The molecule has 7 nitrogen and oxygen atoms in total. The number of hydrogen-bond acceptors (Lipinski definition) is 5. The molecule has 2 rings (SSSR count). The second-order valence-corrected chi connectivity index (χ2v) is 4.41. The van der Waals surface area contributed by atoms with Crippen molar-refractivity contribution in [3.63, 3.8) is 0 Å². The van der Waals surface area contributed by atoms with E-state index >= 15 is 0 Å². The Morgan fingerprint density at radius 1 is 1.44 bits per heavy atom. The van der Waals surface area contributed by atoms with Gasteiger partial charge in [-0.1, -0.05) is 0 Å². The van der Waals surface area contributed by atoms with Gasteiger partial charge in [-0.2, -0.15) is 0 Å². The first-order chi connectivity index (χ1) is 7.45. The zero-order valence-electron chi connectivity index (χ0n) is 7.86.